The van der Waals surface area contributed by atoms with Crippen molar-refractivity contribution in [2.24, 2.45) is 52.3 Å². The van der Waals surface area contributed by atoms with Gasteiger partial charge in [0.2, 0.25) is 11.6 Å². The molecule has 13 nitrogen and oxygen atoms in total. The van der Waals surface area contributed by atoms with Gasteiger partial charge in [0.1, 0.15) is 5.82 Å². The first-order chi connectivity index (χ1) is 28.1. The minimum atomic E-state index is -4.67. The molecule has 0 amide bonds. The van der Waals surface area contributed by atoms with Gasteiger partial charge in [-0.1, -0.05) is 27.7 Å². The van der Waals surface area contributed by atoms with E-state index in [0.717, 1.165) is 50.7 Å². The number of nitrogens with zero attached hydrogens (tertiary/aromatic N) is 1. The van der Waals surface area contributed by atoms with Gasteiger partial charge in [0.25, 0.3) is 0 Å². The van der Waals surface area contributed by atoms with Crippen molar-refractivity contribution in [2.75, 3.05) is 31.6 Å². The molecule has 2 spiro atoms. The Labute approximate surface area is 342 Å². The summed E-state index contributed by atoms with van der Waals surface area (Å²) in [6.45, 7) is 12.9. The number of alkyl halides is 3. The van der Waals surface area contributed by atoms with Crippen molar-refractivity contribution in [1.82, 2.24) is 5.32 Å². The van der Waals surface area contributed by atoms with Crippen LogP contribution in [0.15, 0.2) is 23.2 Å². The summed E-state index contributed by atoms with van der Waals surface area (Å²) in [5.41, 5.74) is -2.84. The molecule has 1 aromatic rings. The molecule has 330 valence electrons. The number of halogens is 4. The zero-order valence-electron chi connectivity index (χ0n) is 34.7. The second-order valence-corrected chi connectivity index (χ2v) is 18.8. The number of aliphatic imine (C=N–C) groups is 1. The van der Waals surface area contributed by atoms with Gasteiger partial charge in [-0.3, -0.25) is 4.99 Å². The minimum Gasteiger partial charge on any atom is -0.354 e. The molecular formula is C42H59F4N3O10. The van der Waals surface area contributed by atoms with E-state index >= 15 is 0 Å². The number of hydrogen-bond acceptors (Lipinski definition) is 11. The van der Waals surface area contributed by atoms with Crippen LogP contribution in [0.1, 0.15) is 98.5 Å². The topological polar surface area (TPSA) is 129 Å². The Balaban J connectivity index is 0.864. The SMILES string of the molecule is C[C@@H]1CC[C@H]2[C@@H](C)C(OCCN=C(NCCOC3O[C@@H]4O[C@]5(C)CC[C@@H]6[C@@H](C)CC[C@H]([C@@H]3C)[C@]46OO5)Nc3cc(C(F)(F)F)ccc3F)O[C@H]3O[C@@]4(C)CC[C@@H]1[C@]32OO4. The lowest BCUT2D eigenvalue weighted by Crippen LogP contribution is -2.70. The summed E-state index contributed by atoms with van der Waals surface area (Å²) in [6.07, 6.45) is -0.138. The molecule has 2 aliphatic carbocycles. The van der Waals surface area contributed by atoms with Gasteiger partial charge in [0.15, 0.2) is 42.3 Å². The number of nitrogens with one attached hydrogen (secondary N) is 2. The molecule has 59 heavy (non-hydrogen) atoms. The molecule has 0 radical (unpaired) electrons. The average Bonchev–Trinajstić information content (AvgIpc) is 3.57. The number of benzene rings is 1. The Hall–Kier alpha value is -2.19. The Morgan fingerprint density at radius 2 is 1.29 bits per heavy atom. The van der Waals surface area contributed by atoms with E-state index in [-0.39, 0.29) is 73.5 Å². The molecular weight excluding hydrogens is 782 g/mol. The summed E-state index contributed by atoms with van der Waals surface area (Å²) in [5.74, 6) is -1.38. The van der Waals surface area contributed by atoms with Gasteiger partial charge in [0.05, 0.1) is 31.0 Å². The van der Waals surface area contributed by atoms with Crippen molar-refractivity contribution in [3.8, 4) is 0 Å². The Morgan fingerprint density at radius 1 is 0.746 bits per heavy atom. The van der Waals surface area contributed by atoms with Crippen molar-refractivity contribution in [1.29, 1.82) is 0 Å². The lowest BCUT2D eigenvalue weighted by atomic mass is 9.58. The minimum absolute atomic E-state index is 0.0440. The normalized spacial score (nSPS) is 46.5. The Morgan fingerprint density at radius 3 is 1.83 bits per heavy atom. The van der Waals surface area contributed by atoms with Gasteiger partial charge in [-0.2, -0.15) is 13.2 Å². The number of fused-ring (bicyclic) bond motifs is 4. The molecule has 2 saturated carbocycles. The van der Waals surface area contributed by atoms with E-state index < -0.39 is 65.5 Å². The molecule has 10 aliphatic rings. The second-order valence-electron chi connectivity index (χ2n) is 18.8. The highest BCUT2D eigenvalue weighted by atomic mass is 19.4. The van der Waals surface area contributed by atoms with Crippen LogP contribution in [-0.2, 0) is 54.1 Å². The molecule has 0 aromatic heterocycles. The molecule has 2 unspecified atom stereocenters. The van der Waals surface area contributed by atoms with Crippen molar-refractivity contribution < 1.29 is 65.5 Å². The molecule has 1 aromatic carbocycles. The van der Waals surface area contributed by atoms with E-state index in [2.05, 4.69) is 43.3 Å². The third-order valence-electron chi connectivity index (χ3n) is 15.1. The van der Waals surface area contributed by atoms with Crippen LogP contribution in [-0.4, -0.2) is 80.2 Å². The highest BCUT2D eigenvalue weighted by Gasteiger charge is 2.71. The molecule has 8 heterocycles. The maximum absolute atomic E-state index is 15.0. The van der Waals surface area contributed by atoms with Crippen LogP contribution in [0.4, 0.5) is 23.2 Å². The van der Waals surface area contributed by atoms with Gasteiger partial charge in [-0.25, -0.2) is 23.9 Å². The van der Waals surface area contributed by atoms with Crippen LogP contribution < -0.4 is 10.6 Å². The third-order valence-corrected chi connectivity index (χ3v) is 15.1. The third kappa shape index (κ3) is 7.30. The number of hydrogen-bond donors (Lipinski definition) is 2. The zero-order valence-corrected chi connectivity index (χ0v) is 34.7. The van der Waals surface area contributed by atoms with Gasteiger partial charge in [-0.05, 0) is 94.2 Å². The van der Waals surface area contributed by atoms with E-state index in [1.54, 1.807) is 0 Å². The second kappa shape index (κ2) is 15.6. The first-order valence-corrected chi connectivity index (χ1v) is 21.6. The van der Waals surface area contributed by atoms with E-state index in [1.807, 2.05) is 13.8 Å². The van der Waals surface area contributed by atoms with E-state index in [0.29, 0.717) is 30.7 Å². The summed E-state index contributed by atoms with van der Waals surface area (Å²) in [5, 5.41) is 5.84. The molecule has 8 aliphatic heterocycles. The standard InChI is InChI=1S/C42H59F4N3O10/c1-22-7-10-29-24(3)33(52-35-40(29)27(22)13-15-38(5,54-35)56-58-40)50-19-17-47-37(49-32-21-26(42(44,45)46)9-12-31(32)43)48-18-20-51-34-25(4)30-11-8-23(2)28-14-16-39(6)55-36(53-34)41(28,30)59-57-39/h9,12,21-25,27-30,33-36H,7-8,10-11,13-20H2,1-6H3,(H2,47,48,49)/t22-,23+,24-,25+,27+,28-,29+,30-,33?,34?,35+,36-,38-,39+,40-,41+. The van der Waals surface area contributed by atoms with Crippen LogP contribution in [0.3, 0.4) is 0 Å². The Bertz CT molecular complexity index is 1740. The lowest BCUT2D eigenvalue weighted by Gasteiger charge is -2.60. The predicted octanol–water partition coefficient (Wildman–Crippen LogP) is 7.65. The quantitative estimate of drug-likeness (QED) is 0.0834. The highest BCUT2D eigenvalue weighted by molar-refractivity contribution is 5.93. The predicted molar refractivity (Wildman–Crippen MR) is 201 cm³/mol. The fourth-order valence-corrected chi connectivity index (χ4v) is 11.9. The van der Waals surface area contributed by atoms with E-state index in [1.165, 1.54) is 0 Å². The van der Waals surface area contributed by atoms with Crippen LogP contribution in [0, 0.1) is 53.2 Å². The van der Waals surface area contributed by atoms with Crippen molar-refractivity contribution >= 4 is 11.6 Å². The van der Waals surface area contributed by atoms with Gasteiger partial charge < -0.3 is 39.1 Å². The molecule has 10 fully saturated rings. The summed E-state index contributed by atoms with van der Waals surface area (Å²) in [6, 6.07) is 2.20. The number of ether oxygens (including phenoxy) is 6. The fraction of sp³-hybridized carbons (Fsp3) is 0.833. The molecule has 2 N–H and O–H groups in total. The fourth-order valence-electron chi connectivity index (χ4n) is 11.9. The highest BCUT2D eigenvalue weighted by Crippen LogP contribution is 2.62. The average molecular weight is 842 g/mol. The van der Waals surface area contributed by atoms with Crippen molar-refractivity contribution in [3.63, 3.8) is 0 Å². The molecule has 16 atom stereocenters. The number of rotatable bonds is 9. The van der Waals surface area contributed by atoms with Crippen molar-refractivity contribution in [3.05, 3.63) is 29.6 Å². The first kappa shape index (κ1) is 42.1. The lowest BCUT2D eigenvalue weighted by molar-refractivity contribution is -0.577. The zero-order chi connectivity index (χ0) is 41.5. The van der Waals surface area contributed by atoms with Gasteiger partial charge in [-0.15, -0.1) is 0 Å². The smallest absolute Gasteiger partial charge is 0.354 e. The Kier molecular flexibility index (Phi) is 11.1. The van der Waals surface area contributed by atoms with Crippen LogP contribution in [0.25, 0.3) is 0 Å². The molecule has 11 rings (SSSR count). The van der Waals surface area contributed by atoms with Gasteiger partial charge in [0, 0.05) is 43.1 Å². The van der Waals surface area contributed by atoms with Crippen LogP contribution in [0.5, 0.6) is 0 Å². The maximum atomic E-state index is 15.0. The van der Waals surface area contributed by atoms with E-state index in [4.69, 9.17) is 48.0 Å². The number of guanidine groups is 1. The number of anilines is 1. The molecule has 4 bridgehead atoms. The molecule has 17 heteroatoms. The van der Waals surface area contributed by atoms with Crippen molar-refractivity contribution in [2.45, 2.75) is 147 Å². The first-order valence-electron chi connectivity index (χ1n) is 21.6. The summed E-state index contributed by atoms with van der Waals surface area (Å²) >= 11 is 0. The van der Waals surface area contributed by atoms with Crippen LogP contribution >= 0.6 is 0 Å². The largest absolute Gasteiger partial charge is 0.416 e. The maximum Gasteiger partial charge on any atom is 0.416 e. The van der Waals surface area contributed by atoms with Gasteiger partial charge >= 0.3 is 6.18 Å². The monoisotopic (exact) mass is 841 g/mol. The summed E-state index contributed by atoms with van der Waals surface area (Å²) in [7, 11) is 0. The molecule has 8 saturated heterocycles. The summed E-state index contributed by atoms with van der Waals surface area (Å²) < 4.78 is 94.4. The van der Waals surface area contributed by atoms with E-state index in [9.17, 15) is 17.6 Å². The summed E-state index contributed by atoms with van der Waals surface area (Å²) in [4.78, 5) is 28.9. The van der Waals surface area contributed by atoms with Crippen LogP contribution in [0.2, 0.25) is 0 Å².